The molecule has 2 fully saturated rings. The van der Waals surface area contributed by atoms with Gasteiger partial charge in [0.25, 0.3) is 17.7 Å². The summed E-state index contributed by atoms with van der Waals surface area (Å²) in [6.45, 7) is 6.32. The van der Waals surface area contributed by atoms with Gasteiger partial charge in [0.2, 0.25) is 0 Å². The number of ether oxygens (including phenoxy) is 2. The lowest BCUT2D eigenvalue weighted by Crippen LogP contribution is -2.41. The fraction of sp³-hybridized carbons (Fsp3) is 0.312. The molecule has 224 valence electrons. The lowest BCUT2D eigenvalue weighted by molar-refractivity contribution is -0.161. The zero-order valence-electron chi connectivity index (χ0n) is 24.4. The Labute approximate surface area is 254 Å². The Kier molecular flexibility index (Phi) is 9.97. The van der Waals surface area contributed by atoms with Crippen LogP contribution in [0.25, 0.3) is 6.08 Å². The first-order valence-electron chi connectivity index (χ1n) is 13.7. The second kappa shape index (κ2) is 13.6. The third-order valence-corrected chi connectivity index (χ3v) is 7.54. The van der Waals surface area contributed by atoms with Crippen LogP contribution < -0.4 is 4.90 Å². The van der Waals surface area contributed by atoms with Gasteiger partial charge >= 0.3 is 11.9 Å². The first-order valence-corrected chi connectivity index (χ1v) is 14.6. The topological polar surface area (TPSA) is 123 Å². The molecule has 0 N–H and O–H groups in total. The summed E-state index contributed by atoms with van der Waals surface area (Å²) in [6, 6.07) is 15.6. The van der Waals surface area contributed by atoms with Crippen molar-refractivity contribution in [2.24, 2.45) is 10.9 Å². The molecule has 10 nitrogen and oxygen atoms in total. The molecule has 2 aliphatic heterocycles. The Morgan fingerprint density at radius 3 is 2.23 bits per heavy atom. The van der Waals surface area contributed by atoms with E-state index >= 15 is 0 Å². The molecule has 0 atom stereocenters. The third kappa shape index (κ3) is 8.29. The van der Waals surface area contributed by atoms with Crippen molar-refractivity contribution in [3.8, 4) is 0 Å². The Bertz CT molecular complexity index is 1480. The van der Waals surface area contributed by atoms with Crippen LogP contribution in [0.1, 0.15) is 49.5 Å². The number of hydrogen-bond acceptors (Lipinski definition) is 8. The predicted octanol–water partition coefficient (Wildman–Crippen LogP) is 4.61. The second-order valence-corrected chi connectivity index (χ2v) is 11.9. The largest absolute Gasteiger partial charge is 0.466 e. The molecule has 0 bridgehead atoms. The number of methoxy groups -OCH3 is 1. The number of likely N-dealkylation sites (tertiary alicyclic amines) is 1. The van der Waals surface area contributed by atoms with E-state index < -0.39 is 23.4 Å². The van der Waals surface area contributed by atoms with Gasteiger partial charge in [0.1, 0.15) is 5.60 Å². The van der Waals surface area contributed by atoms with Crippen LogP contribution in [0, 0.1) is 5.92 Å². The zero-order valence-corrected chi connectivity index (χ0v) is 25.3. The smallest absolute Gasteiger partial charge is 0.331 e. The minimum absolute atomic E-state index is 0.0402. The van der Waals surface area contributed by atoms with Crippen molar-refractivity contribution in [1.29, 1.82) is 0 Å². The number of amidine groups is 1. The molecular formula is C32H33N3O7S. The van der Waals surface area contributed by atoms with Crippen LogP contribution >= 0.6 is 11.8 Å². The fourth-order valence-electron chi connectivity index (χ4n) is 4.44. The normalized spacial score (nSPS) is 18.0. The van der Waals surface area contributed by atoms with Gasteiger partial charge in [-0.25, -0.2) is 4.79 Å². The van der Waals surface area contributed by atoms with E-state index in [2.05, 4.69) is 9.73 Å². The summed E-state index contributed by atoms with van der Waals surface area (Å²) in [4.78, 5) is 70.5. The minimum Gasteiger partial charge on any atom is -0.466 e. The highest BCUT2D eigenvalue weighted by atomic mass is 32.2. The van der Waals surface area contributed by atoms with Gasteiger partial charge in [0, 0.05) is 30.8 Å². The molecule has 0 unspecified atom stereocenters. The molecule has 0 aliphatic carbocycles. The summed E-state index contributed by atoms with van der Waals surface area (Å²) >= 11 is 0.873. The van der Waals surface area contributed by atoms with Crippen LogP contribution in [0.5, 0.6) is 0 Å². The number of amides is 3. The lowest BCUT2D eigenvalue weighted by Gasteiger charge is -2.32. The maximum absolute atomic E-state index is 13.3. The van der Waals surface area contributed by atoms with Crippen molar-refractivity contribution in [3.05, 3.63) is 82.8 Å². The molecule has 11 heteroatoms. The summed E-state index contributed by atoms with van der Waals surface area (Å²) in [7, 11) is 1.20. The number of nitrogens with zero attached hydrogens (tertiary/aromatic N) is 3. The molecule has 0 spiro atoms. The van der Waals surface area contributed by atoms with E-state index in [-0.39, 0.29) is 27.9 Å². The van der Waals surface area contributed by atoms with E-state index in [0.717, 1.165) is 23.4 Å². The van der Waals surface area contributed by atoms with Gasteiger partial charge in [0.05, 0.1) is 23.6 Å². The Hall–Kier alpha value is -4.51. The first-order chi connectivity index (χ1) is 20.4. The molecule has 2 aliphatic rings. The van der Waals surface area contributed by atoms with Crippen molar-refractivity contribution in [2.75, 3.05) is 25.1 Å². The Balaban J connectivity index is 1.50. The minimum atomic E-state index is -0.719. The quantitative estimate of drug-likeness (QED) is 0.347. The molecule has 4 rings (SSSR count). The van der Waals surface area contributed by atoms with Crippen molar-refractivity contribution in [1.82, 2.24) is 4.90 Å². The van der Waals surface area contributed by atoms with Gasteiger partial charge < -0.3 is 14.4 Å². The van der Waals surface area contributed by atoms with Crippen LogP contribution in [-0.2, 0) is 28.7 Å². The molecular weight excluding hydrogens is 570 g/mol. The number of carbonyl (C=O) groups excluding carboxylic acids is 5. The Morgan fingerprint density at radius 2 is 1.63 bits per heavy atom. The van der Waals surface area contributed by atoms with Crippen LogP contribution in [-0.4, -0.2) is 65.5 Å². The van der Waals surface area contributed by atoms with Crippen LogP contribution in [0.15, 0.2) is 76.6 Å². The second-order valence-electron chi connectivity index (χ2n) is 10.9. The molecule has 0 saturated carbocycles. The highest BCUT2D eigenvalue weighted by Gasteiger charge is 2.36. The molecule has 43 heavy (non-hydrogen) atoms. The van der Waals surface area contributed by atoms with Gasteiger partial charge in [-0.2, -0.15) is 4.99 Å². The molecule has 0 radical (unpaired) electrons. The van der Waals surface area contributed by atoms with Crippen LogP contribution in [0.4, 0.5) is 5.69 Å². The fourth-order valence-corrected chi connectivity index (χ4v) is 5.39. The molecule has 3 amide bonds. The highest BCUT2D eigenvalue weighted by Crippen LogP contribution is 2.35. The van der Waals surface area contributed by atoms with Crippen LogP contribution in [0.2, 0.25) is 0 Å². The van der Waals surface area contributed by atoms with E-state index in [1.54, 1.807) is 35.2 Å². The molecule has 2 aromatic rings. The summed E-state index contributed by atoms with van der Waals surface area (Å²) in [5, 5.41) is 0.0613. The number of hydrogen-bond donors (Lipinski definition) is 0. The van der Waals surface area contributed by atoms with Crippen LogP contribution in [0.3, 0.4) is 0 Å². The third-order valence-electron chi connectivity index (χ3n) is 6.58. The first kappa shape index (κ1) is 31.4. The van der Waals surface area contributed by atoms with Gasteiger partial charge in [-0.05, 0) is 81.3 Å². The maximum Gasteiger partial charge on any atom is 0.331 e. The number of anilines is 1. The standard InChI is InChI=1S/C32H33N3O7S/c1-32(2,3)42-30(40)23-16-18-34(19-17-23)28(38)22-11-13-24(14-12-22)35-29(39)25(20-27(37)41-4)43-31(35)33-26(36)15-10-21-8-6-5-7-9-21/h5-15,20,23H,16-19H2,1-4H3. The van der Waals surface area contributed by atoms with E-state index in [1.807, 2.05) is 51.1 Å². The van der Waals surface area contributed by atoms with Gasteiger partial charge in [-0.3, -0.25) is 24.1 Å². The van der Waals surface area contributed by atoms with Crippen molar-refractivity contribution in [2.45, 2.75) is 39.2 Å². The van der Waals surface area contributed by atoms with Crippen molar-refractivity contribution < 1.29 is 33.4 Å². The van der Waals surface area contributed by atoms with E-state index in [4.69, 9.17) is 4.74 Å². The van der Waals surface area contributed by atoms with Gasteiger partial charge in [-0.15, -0.1) is 0 Å². The SMILES string of the molecule is COC(=O)C=C1SC(=NC(=O)C=Cc2ccccc2)N(c2ccc(C(=O)N3CCC(C(=O)OC(C)(C)C)CC3)cc2)C1=O. The predicted molar refractivity (Wildman–Crippen MR) is 164 cm³/mol. The number of rotatable bonds is 6. The summed E-state index contributed by atoms with van der Waals surface area (Å²) in [6.07, 6.45) is 4.98. The monoisotopic (exact) mass is 603 g/mol. The highest BCUT2D eigenvalue weighted by molar-refractivity contribution is 8.19. The van der Waals surface area contributed by atoms with E-state index in [1.165, 1.54) is 18.1 Å². The number of esters is 2. The van der Waals surface area contributed by atoms with Crippen molar-refractivity contribution in [3.63, 3.8) is 0 Å². The number of piperidine rings is 1. The van der Waals surface area contributed by atoms with Gasteiger partial charge in [-0.1, -0.05) is 30.3 Å². The van der Waals surface area contributed by atoms with E-state index in [0.29, 0.717) is 37.2 Å². The zero-order chi connectivity index (χ0) is 31.1. The number of aliphatic imine (C=N–C) groups is 1. The number of thioether (sulfide) groups is 1. The molecule has 2 saturated heterocycles. The molecule has 2 heterocycles. The Morgan fingerprint density at radius 1 is 0.977 bits per heavy atom. The van der Waals surface area contributed by atoms with E-state index in [9.17, 15) is 24.0 Å². The summed E-state index contributed by atoms with van der Waals surface area (Å²) in [5.41, 5.74) is 1.02. The van der Waals surface area contributed by atoms with Crippen molar-refractivity contribution >= 4 is 58.4 Å². The number of benzene rings is 2. The van der Waals surface area contributed by atoms with Gasteiger partial charge in [0.15, 0.2) is 5.17 Å². The molecule has 0 aromatic heterocycles. The number of carbonyl (C=O) groups is 5. The summed E-state index contributed by atoms with van der Waals surface area (Å²) < 4.78 is 10.2. The average molecular weight is 604 g/mol. The summed E-state index contributed by atoms with van der Waals surface area (Å²) in [5.74, 6) is -2.56. The maximum atomic E-state index is 13.3. The lowest BCUT2D eigenvalue weighted by atomic mass is 9.96. The molecule has 2 aromatic carbocycles. The average Bonchev–Trinajstić information content (AvgIpc) is 3.28.